The molecule has 2 aromatic rings. The Labute approximate surface area is 104 Å². The summed E-state index contributed by atoms with van der Waals surface area (Å²) in [5.41, 5.74) is 1.16. The molecule has 0 aliphatic heterocycles. The van der Waals surface area contributed by atoms with Gasteiger partial charge in [-0.25, -0.2) is 4.98 Å². The Morgan fingerprint density at radius 1 is 1.29 bits per heavy atom. The topological polar surface area (TPSA) is 54.9 Å². The first-order valence-electron chi connectivity index (χ1n) is 5.05. The third-order valence-electron chi connectivity index (χ3n) is 2.15. The second-order valence-corrected chi connectivity index (χ2v) is 3.78. The first kappa shape index (κ1) is 11.5. The Balaban J connectivity index is 2.01. The fourth-order valence-electron chi connectivity index (χ4n) is 1.32. The zero-order valence-electron chi connectivity index (χ0n) is 8.93. The molecule has 17 heavy (non-hydrogen) atoms. The molecule has 0 aromatic carbocycles. The van der Waals surface area contributed by atoms with Crippen LogP contribution in [-0.4, -0.2) is 15.9 Å². The van der Waals surface area contributed by atoms with E-state index in [-0.39, 0.29) is 11.6 Å². The summed E-state index contributed by atoms with van der Waals surface area (Å²) in [5.74, 6) is -0.292. The van der Waals surface area contributed by atoms with Crippen LogP contribution in [0.25, 0.3) is 0 Å². The highest BCUT2D eigenvalue weighted by atomic mass is 35.5. The third kappa shape index (κ3) is 3.01. The summed E-state index contributed by atoms with van der Waals surface area (Å²) >= 11 is 5.87. The number of carbonyl (C=O) groups excluding carboxylic acids is 1. The lowest BCUT2D eigenvalue weighted by atomic mass is 10.2. The maximum atomic E-state index is 11.8. The average molecular weight is 248 g/mol. The van der Waals surface area contributed by atoms with Gasteiger partial charge >= 0.3 is 0 Å². The van der Waals surface area contributed by atoms with E-state index in [0.29, 0.717) is 11.6 Å². The first-order valence-corrected chi connectivity index (χ1v) is 5.43. The van der Waals surface area contributed by atoms with E-state index in [1.54, 1.807) is 24.5 Å². The van der Waals surface area contributed by atoms with E-state index in [1.807, 2.05) is 12.1 Å². The van der Waals surface area contributed by atoms with E-state index in [0.717, 1.165) is 5.56 Å². The van der Waals surface area contributed by atoms with Gasteiger partial charge in [-0.2, -0.15) is 0 Å². The number of amides is 1. The zero-order chi connectivity index (χ0) is 12.1. The minimum absolute atomic E-state index is 0.234. The molecular formula is C12H10ClN3O. The SMILES string of the molecule is O=C(NCc1cccnc1)c1ncccc1Cl. The molecule has 0 saturated carbocycles. The van der Waals surface area contributed by atoms with E-state index < -0.39 is 0 Å². The third-order valence-corrected chi connectivity index (χ3v) is 2.45. The molecule has 0 unspecified atom stereocenters. The molecule has 4 nitrogen and oxygen atoms in total. The molecule has 0 fully saturated rings. The maximum absolute atomic E-state index is 11.8. The molecule has 0 bridgehead atoms. The summed E-state index contributed by atoms with van der Waals surface area (Å²) in [5, 5.41) is 3.07. The van der Waals surface area contributed by atoms with E-state index in [4.69, 9.17) is 11.6 Å². The van der Waals surface area contributed by atoms with Crippen molar-refractivity contribution in [3.8, 4) is 0 Å². The number of nitrogens with zero attached hydrogens (tertiary/aromatic N) is 2. The Morgan fingerprint density at radius 2 is 2.12 bits per heavy atom. The van der Waals surface area contributed by atoms with E-state index in [1.165, 1.54) is 6.20 Å². The van der Waals surface area contributed by atoms with Crippen molar-refractivity contribution in [3.05, 3.63) is 59.1 Å². The Bertz CT molecular complexity index is 516. The number of halogens is 1. The highest BCUT2D eigenvalue weighted by Crippen LogP contribution is 2.11. The number of pyridine rings is 2. The molecule has 1 N–H and O–H groups in total. The molecule has 86 valence electrons. The molecule has 0 atom stereocenters. The number of hydrogen-bond acceptors (Lipinski definition) is 3. The van der Waals surface area contributed by atoms with Crippen molar-refractivity contribution in [1.29, 1.82) is 0 Å². The number of rotatable bonds is 3. The molecule has 2 aromatic heterocycles. The van der Waals surface area contributed by atoms with Crippen molar-refractivity contribution in [3.63, 3.8) is 0 Å². The van der Waals surface area contributed by atoms with Crippen LogP contribution in [0.15, 0.2) is 42.9 Å². The molecule has 2 rings (SSSR count). The van der Waals surface area contributed by atoms with Crippen LogP contribution >= 0.6 is 11.6 Å². The second-order valence-electron chi connectivity index (χ2n) is 3.38. The number of aromatic nitrogens is 2. The summed E-state index contributed by atoms with van der Waals surface area (Å²) in [4.78, 5) is 19.7. The smallest absolute Gasteiger partial charge is 0.271 e. The van der Waals surface area contributed by atoms with Crippen LogP contribution in [0, 0.1) is 0 Å². The molecular weight excluding hydrogens is 238 g/mol. The number of nitrogens with one attached hydrogen (secondary N) is 1. The predicted octanol–water partition coefficient (Wildman–Crippen LogP) is 2.06. The molecule has 1 amide bonds. The van der Waals surface area contributed by atoms with Crippen molar-refractivity contribution in [1.82, 2.24) is 15.3 Å². The molecule has 5 heteroatoms. The lowest BCUT2D eigenvalue weighted by molar-refractivity contribution is 0.0946. The largest absolute Gasteiger partial charge is 0.347 e. The van der Waals surface area contributed by atoms with Gasteiger partial charge in [0.15, 0.2) is 0 Å². The summed E-state index contributed by atoms with van der Waals surface area (Å²) in [7, 11) is 0. The Kier molecular flexibility index (Phi) is 3.67. The van der Waals surface area contributed by atoms with Crippen molar-refractivity contribution in [2.24, 2.45) is 0 Å². The number of carbonyl (C=O) groups is 1. The van der Waals surface area contributed by atoms with Crippen molar-refractivity contribution in [2.45, 2.75) is 6.54 Å². The van der Waals surface area contributed by atoms with Gasteiger partial charge in [0.05, 0.1) is 5.02 Å². The average Bonchev–Trinajstić information content (AvgIpc) is 2.38. The van der Waals surface area contributed by atoms with Crippen LogP contribution in [0.4, 0.5) is 0 Å². The summed E-state index contributed by atoms with van der Waals surface area (Å²) in [6.45, 7) is 0.402. The van der Waals surface area contributed by atoms with Crippen LogP contribution in [-0.2, 0) is 6.54 Å². The van der Waals surface area contributed by atoms with Gasteiger partial charge in [0.2, 0.25) is 0 Å². The monoisotopic (exact) mass is 247 g/mol. The predicted molar refractivity (Wildman–Crippen MR) is 64.7 cm³/mol. The Hall–Kier alpha value is -1.94. The van der Waals surface area contributed by atoms with Gasteiger partial charge in [0.1, 0.15) is 5.69 Å². The lowest BCUT2D eigenvalue weighted by Gasteiger charge is -2.05. The van der Waals surface area contributed by atoms with Crippen molar-refractivity contribution < 1.29 is 4.79 Å². The standard InChI is InChI=1S/C12H10ClN3O/c13-10-4-2-6-15-11(10)12(17)16-8-9-3-1-5-14-7-9/h1-7H,8H2,(H,16,17). The van der Waals surface area contributed by atoms with E-state index in [9.17, 15) is 4.79 Å². The quantitative estimate of drug-likeness (QED) is 0.903. The highest BCUT2D eigenvalue weighted by molar-refractivity contribution is 6.33. The van der Waals surface area contributed by atoms with Gasteiger partial charge in [-0.15, -0.1) is 0 Å². The molecule has 2 heterocycles. The molecule has 0 saturated heterocycles. The fraction of sp³-hybridized carbons (Fsp3) is 0.0833. The lowest BCUT2D eigenvalue weighted by Crippen LogP contribution is -2.24. The summed E-state index contributed by atoms with van der Waals surface area (Å²) in [6, 6.07) is 7.01. The molecule has 0 aliphatic carbocycles. The van der Waals surface area contributed by atoms with Crippen LogP contribution in [0.3, 0.4) is 0 Å². The van der Waals surface area contributed by atoms with Gasteiger partial charge in [0.25, 0.3) is 5.91 Å². The summed E-state index contributed by atoms with van der Waals surface area (Å²) in [6.07, 6.45) is 4.91. The molecule has 0 spiro atoms. The number of hydrogen-bond donors (Lipinski definition) is 1. The van der Waals surface area contributed by atoms with Crippen molar-refractivity contribution >= 4 is 17.5 Å². The van der Waals surface area contributed by atoms with Crippen LogP contribution < -0.4 is 5.32 Å². The van der Waals surface area contributed by atoms with Crippen LogP contribution in [0.5, 0.6) is 0 Å². The molecule has 0 aliphatic rings. The minimum atomic E-state index is -0.292. The van der Waals surface area contributed by atoms with Gasteiger partial charge in [-0.1, -0.05) is 17.7 Å². The summed E-state index contributed by atoms with van der Waals surface area (Å²) < 4.78 is 0. The highest BCUT2D eigenvalue weighted by Gasteiger charge is 2.10. The Morgan fingerprint density at radius 3 is 2.82 bits per heavy atom. The van der Waals surface area contributed by atoms with Gasteiger partial charge in [-0.05, 0) is 23.8 Å². The minimum Gasteiger partial charge on any atom is -0.347 e. The van der Waals surface area contributed by atoms with Crippen molar-refractivity contribution in [2.75, 3.05) is 0 Å². The van der Waals surface area contributed by atoms with Gasteiger partial charge in [-0.3, -0.25) is 9.78 Å². The van der Waals surface area contributed by atoms with Crippen LogP contribution in [0.2, 0.25) is 5.02 Å². The van der Waals surface area contributed by atoms with Gasteiger partial charge < -0.3 is 5.32 Å². The van der Waals surface area contributed by atoms with E-state index >= 15 is 0 Å². The van der Waals surface area contributed by atoms with Crippen LogP contribution in [0.1, 0.15) is 16.1 Å². The molecule has 0 radical (unpaired) electrons. The second kappa shape index (κ2) is 5.41. The first-order chi connectivity index (χ1) is 8.27. The van der Waals surface area contributed by atoms with Gasteiger partial charge in [0, 0.05) is 25.1 Å². The normalized spacial score (nSPS) is 9.94. The maximum Gasteiger partial charge on any atom is 0.271 e. The zero-order valence-corrected chi connectivity index (χ0v) is 9.69. The van der Waals surface area contributed by atoms with E-state index in [2.05, 4.69) is 15.3 Å². The fourth-order valence-corrected chi connectivity index (χ4v) is 1.53.